The number of aromatic nitrogens is 6. The van der Waals surface area contributed by atoms with Crippen LogP contribution >= 0.6 is 11.6 Å². The molecule has 0 atom stereocenters. The molecule has 4 rings (SSSR count). The van der Waals surface area contributed by atoms with Crippen molar-refractivity contribution in [2.24, 2.45) is 7.05 Å². The average molecular weight is 459 g/mol. The minimum Gasteiger partial charge on any atom is -0.388 e. The van der Waals surface area contributed by atoms with Crippen molar-refractivity contribution in [3.05, 3.63) is 58.6 Å². The second-order valence-corrected chi connectivity index (χ2v) is 7.53. The molecule has 0 saturated heterocycles. The summed E-state index contributed by atoms with van der Waals surface area (Å²) in [6, 6.07) is 9.52. The molecule has 0 radical (unpaired) electrons. The molecule has 0 unspecified atom stereocenters. The number of alkyl halides is 2. The summed E-state index contributed by atoms with van der Waals surface area (Å²) >= 11 is 6.01. The van der Waals surface area contributed by atoms with Gasteiger partial charge in [-0.1, -0.05) is 23.7 Å². The largest absolute Gasteiger partial charge is 0.388 e. The van der Waals surface area contributed by atoms with Gasteiger partial charge in [-0.3, -0.25) is 4.68 Å². The van der Waals surface area contributed by atoms with E-state index in [9.17, 15) is 8.78 Å². The van der Waals surface area contributed by atoms with Crippen LogP contribution in [0.1, 0.15) is 23.4 Å². The highest BCUT2D eigenvalue weighted by Crippen LogP contribution is 2.33. The minimum atomic E-state index is -2.80. The van der Waals surface area contributed by atoms with E-state index < -0.39 is 12.1 Å². The molecule has 3 heterocycles. The fourth-order valence-electron chi connectivity index (χ4n) is 3.49. The van der Waals surface area contributed by atoms with Crippen molar-refractivity contribution in [2.45, 2.75) is 20.3 Å². The number of nitrogens with zero attached hydrogens (tertiary/aromatic N) is 6. The highest BCUT2D eigenvalue weighted by Gasteiger charge is 2.24. The standard InChI is InChI=1S/C21H21ClF2N8/c1-11-18(13-5-7-14(25-3)8-6-13)31(4)30-21(11)28-15-9-16(27-10-26-15)32-19(20(23)24)17(22)12(2)29-32/h5-10,20,25H,1-4H3,(H,26,27,28,30). The number of anilines is 3. The maximum atomic E-state index is 13.5. The Labute approximate surface area is 188 Å². The maximum absolute atomic E-state index is 13.5. The van der Waals surface area contributed by atoms with E-state index in [2.05, 4.69) is 30.8 Å². The molecule has 0 aliphatic heterocycles. The van der Waals surface area contributed by atoms with Crippen LogP contribution in [0, 0.1) is 13.8 Å². The first-order valence-corrected chi connectivity index (χ1v) is 10.1. The van der Waals surface area contributed by atoms with Gasteiger partial charge in [0.05, 0.1) is 16.4 Å². The van der Waals surface area contributed by atoms with Crippen LogP contribution in [0.5, 0.6) is 0 Å². The van der Waals surface area contributed by atoms with Crippen LogP contribution in [0.25, 0.3) is 17.1 Å². The molecular weight excluding hydrogens is 438 g/mol. The van der Waals surface area contributed by atoms with Crippen LogP contribution in [-0.4, -0.2) is 36.6 Å². The Morgan fingerprint density at radius 2 is 1.78 bits per heavy atom. The molecule has 11 heteroatoms. The SMILES string of the molecule is CNc1ccc(-c2c(C)c(Nc3cc(-n4nc(C)c(Cl)c4C(F)F)ncn3)nn2C)cc1. The van der Waals surface area contributed by atoms with Gasteiger partial charge in [0.1, 0.15) is 17.8 Å². The molecule has 4 aromatic rings. The molecule has 3 aromatic heterocycles. The number of halogens is 3. The molecule has 0 aliphatic carbocycles. The third kappa shape index (κ3) is 3.89. The summed E-state index contributed by atoms with van der Waals surface area (Å²) < 4.78 is 29.9. The van der Waals surface area contributed by atoms with Crippen LogP contribution in [-0.2, 0) is 7.05 Å². The molecule has 8 nitrogen and oxygen atoms in total. The number of hydrogen-bond donors (Lipinski definition) is 2. The molecule has 0 fully saturated rings. The molecule has 0 amide bonds. The lowest BCUT2D eigenvalue weighted by molar-refractivity contribution is 0.142. The average Bonchev–Trinajstić information content (AvgIpc) is 3.23. The van der Waals surface area contributed by atoms with E-state index in [4.69, 9.17) is 11.6 Å². The number of benzene rings is 1. The Hall–Kier alpha value is -3.53. The summed E-state index contributed by atoms with van der Waals surface area (Å²) in [5.74, 6) is 1.15. The predicted octanol–water partition coefficient (Wildman–Crippen LogP) is 5.06. The van der Waals surface area contributed by atoms with E-state index in [1.807, 2.05) is 45.3 Å². The summed E-state index contributed by atoms with van der Waals surface area (Å²) in [5.41, 5.74) is 3.77. The van der Waals surface area contributed by atoms with Crippen molar-refractivity contribution in [3.8, 4) is 17.1 Å². The Kier molecular flexibility index (Phi) is 5.79. The van der Waals surface area contributed by atoms with Crippen molar-refractivity contribution in [2.75, 3.05) is 17.7 Å². The molecule has 0 bridgehead atoms. The summed E-state index contributed by atoms with van der Waals surface area (Å²) in [4.78, 5) is 8.28. The van der Waals surface area contributed by atoms with E-state index in [0.717, 1.165) is 27.2 Å². The van der Waals surface area contributed by atoms with E-state index >= 15 is 0 Å². The van der Waals surface area contributed by atoms with Gasteiger partial charge in [-0.2, -0.15) is 10.2 Å². The Morgan fingerprint density at radius 3 is 2.44 bits per heavy atom. The van der Waals surface area contributed by atoms with E-state index in [1.54, 1.807) is 11.6 Å². The lowest BCUT2D eigenvalue weighted by Gasteiger charge is -2.08. The van der Waals surface area contributed by atoms with Gasteiger partial charge in [-0.25, -0.2) is 23.4 Å². The quantitative estimate of drug-likeness (QED) is 0.420. The van der Waals surface area contributed by atoms with Crippen LogP contribution in [0.3, 0.4) is 0 Å². The first-order chi connectivity index (χ1) is 15.3. The van der Waals surface area contributed by atoms with Gasteiger partial charge < -0.3 is 10.6 Å². The number of rotatable bonds is 6. The Morgan fingerprint density at radius 1 is 1.06 bits per heavy atom. The molecule has 2 N–H and O–H groups in total. The first kappa shape index (κ1) is 21.7. The van der Waals surface area contributed by atoms with Crippen LogP contribution in [0.15, 0.2) is 36.7 Å². The molecule has 32 heavy (non-hydrogen) atoms. The van der Waals surface area contributed by atoms with Crippen molar-refractivity contribution < 1.29 is 8.78 Å². The van der Waals surface area contributed by atoms with Crippen LogP contribution < -0.4 is 10.6 Å². The Balaban J connectivity index is 1.67. The highest BCUT2D eigenvalue weighted by atomic mass is 35.5. The fourth-order valence-corrected chi connectivity index (χ4v) is 3.69. The van der Waals surface area contributed by atoms with Crippen LogP contribution in [0.2, 0.25) is 5.02 Å². The van der Waals surface area contributed by atoms with E-state index in [0.29, 0.717) is 17.3 Å². The molecule has 0 saturated carbocycles. The van der Waals surface area contributed by atoms with E-state index in [-0.39, 0.29) is 10.8 Å². The van der Waals surface area contributed by atoms with Crippen molar-refractivity contribution in [1.29, 1.82) is 0 Å². The second-order valence-electron chi connectivity index (χ2n) is 7.16. The number of aryl methyl sites for hydroxylation is 2. The van der Waals surface area contributed by atoms with Gasteiger partial charge in [-0.15, -0.1) is 0 Å². The monoisotopic (exact) mass is 458 g/mol. The van der Waals surface area contributed by atoms with Crippen molar-refractivity contribution >= 4 is 28.9 Å². The minimum absolute atomic E-state index is 0.0809. The van der Waals surface area contributed by atoms with Crippen LogP contribution in [0.4, 0.5) is 26.1 Å². The number of nitrogens with one attached hydrogen (secondary N) is 2. The van der Waals surface area contributed by atoms with E-state index in [1.165, 1.54) is 12.4 Å². The van der Waals surface area contributed by atoms with Gasteiger partial charge in [0.2, 0.25) is 0 Å². The highest BCUT2D eigenvalue weighted by molar-refractivity contribution is 6.31. The number of hydrogen-bond acceptors (Lipinski definition) is 6. The fraction of sp³-hybridized carbons (Fsp3) is 0.238. The van der Waals surface area contributed by atoms with Gasteiger partial charge in [0, 0.05) is 37.0 Å². The zero-order chi connectivity index (χ0) is 23.0. The third-order valence-electron chi connectivity index (χ3n) is 5.07. The first-order valence-electron chi connectivity index (χ1n) is 9.74. The summed E-state index contributed by atoms with van der Waals surface area (Å²) in [7, 11) is 3.72. The molecular formula is C21H21ClF2N8. The molecule has 1 aromatic carbocycles. The zero-order valence-electron chi connectivity index (χ0n) is 17.9. The van der Waals surface area contributed by atoms with Crippen molar-refractivity contribution in [1.82, 2.24) is 29.5 Å². The zero-order valence-corrected chi connectivity index (χ0v) is 18.6. The predicted molar refractivity (Wildman–Crippen MR) is 120 cm³/mol. The summed E-state index contributed by atoms with van der Waals surface area (Å²) in [5, 5.41) is 14.8. The summed E-state index contributed by atoms with van der Waals surface area (Å²) in [6.07, 6.45) is -1.53. The van der Waals surface area contributed by atoms with Gasteiger partial charge in [0.15, 0.2) is 11.6 Å². The molecule has 0 spiro atoms. The molecule has 166 valence electrons. The second kappa shape index (κ2) is 8.54. The maximum Gasteiger partial charge on any atom is 0.282 e. The lowest BCUT2D eigenvalue weighted by Crippen LogP contribution is -2.07. The van der Waals surface area contributed by atoms with Gasteiger partial charge >= 0.3 is 0 Å². The van der Waals surface area contributed by atoms with Gasteiger partial charge in [-0.05, 0) is 26.0 Å². The lowest BCUT2D eigenvalue weighted by atomic mass is 10.1. The van der Waals surface area contributed by atoms with Crippen molar-refractivity contribution in [3.63, 3.8) is 0 Å². The summed E-state index contributed by atoms with van der Waals surface area (Å²) in [6.45, 7) is 3.51. The smallest absolute Gasteiger partial charge is 0.282 e. The molecule has 0 aliphatic rings. The van der Waals surface area contributed by atoms with Gasteiger partial charge in [0.25, 0.3) is 6.43 Å². The third-order valence-corrected chi connectivity index (χ3v) is 5.54. The topological polar surface area (TPSA) is 85.5 Å². The normalized spacial score (nSPS) is 11.2. The Bertz CT molecular complexity index is 1260.